The maximum absolute atomic E-state index is 15.5. The summed E-state index contributed by atoms with van der Waals surface area (Å²) in [6.07, 6.45) is 2.56. The Hall–Kier alpha value is -3.30. The molecule has 3 N–H and O–H groups in total. The third-order valence-electron chi connectivity index (χ3n) is 6.31. The average Bonchev–Trinajstić information content (AvgIpc) is 3.52. The first-order valence-corrected chi connectivity index (χ1v) is 11.4. The van der Waals surface area contributed by atoms with E-state index in [-0.39, 0.29) is 12.1 Å². The van der Waals surface area contributed by atoms with Gasteiger partial charge >= 0.3 is 0 Å². The third kappa shape index (κ3) is 2.92. The number of piperidine rings is 1. The number of benzene rings is 1. The standard InChI is InChI=1S/C23H20FN5O2S/c24-23(6-8-25-9-7-23)12-29-16-4-2-1-3-13(16)19(28-29)18-17(21(30)27-22(18)31)14-11-26-15-5-10-32-20(14)15/h1-5,10-11,25-26H,6-9,12H2,(H,27,30,31). The number of nitrogens with zero attached hydrogens (tertiary/aromatic N) is 2. The summed E-state index contributed by atoms with van der Waals surface area (Å²) in [6.45, 7) is 1.35. The molecule has 0 radical (unpaired) electrons. The summed E-state index contributed by atoms with van der Waals surface area (Å²) < 4.78 is 18.1. The molecule has 9 heteroatoms. The van der Waals surface area contributed by atoms with E-state index in [9.17, 15) is 9.59 Å². The van der Waals surface area contributed by atoms with Crippen LogP contribution in [0.5, 0.6) is 0 Å². The van der Waals surface area contributed by atoms with Gasteiger partial charge in [-0.15, -0.1) is 11.3 Å². The molecule has 1 aromatic carbocycles. The molecule has 0 saturated carbocycles. The molecule has 1 fully saturated rings. The molecule has 4 aromatic rings. The molecule has 0 unspecified atom stereocenters. The SMILES string of the molecule is O=C1NC(=O)C(c2c[nH]c3ccsc23)=C1c1nn(CC2(F)CCNCC2)c2ccccc12. The Bertz CT molecular complexity index is 1420. The lowest BCUT2D eigenvalue weighted by molar-refractivity contribution is -0.122. The van der Waals surface area contributed by atoms with Crippen LogP contribution in [-0.4, -0.2) is 45.3 Å². The van der Waals surface area contributed by atoms with Gasteiger partial charge in [0, 0.05) is 17.1 Å². The molecular weight excluding hydrogens is 429 g/mol. The lowest BCUT2D eigenvalue weighted by atomic mass is 9.94. The molecule has 0 spiro atoms. The minimum atomic E-state index is -1.37. The smallest absolute Gasteiger partial charge is 0.261 e. The maximum atomic E-state index is 15.5. The van der Waals surface area contributed by atoms with Gasteiger partial charge in [0.15, 0.2) is 0 Å². The fourth-order valence-electron chi connectivity index (χ4n) is 4.70. The first-order valence-electron chi connectivity index (χ1n) is 10.5. The number of aromatic amines is 1. The third-order valence-corrected chi connectivity index (χ3v) is 7.26. The molecule has 0 bridgehead atoms. The van der Waals surface area contributed by atoms with E-state index >= 15 is 4.39 Å². The van der Waals surface area contributed by atoms with E-state index in [1.807, 2.05) is 35.7 Å². The highest BCUT2D eigenvalue weighted by atomic mass is 32.1. The van der Waals surface area contributed by atoms with Gasteiger partial charge < -0.3 is 10.3 Å². The number of carbonyl (C=O) groups is 2. The number of imide groups is 1. The van der Waals surface area contributed by atoms with Crippen molar-refractivity contribution in [2.45, 2.75) is 25.1 Å². The van der Waals surface area contributed by atoms with Gasteiger partial charge in [0.05, 0.1) is 33.4 Å². The highest BCUT2D eigenvalue weighted by molar-refractivity contribution is 7.17. The Balaban J connectivity index is 1.55. The van der Waals surface area contributed by atoms with Crippen molar-refractivity contribution in [1.82, 2.24) is 25.4 Å². The Kier molecular flexibility index (Phi) is 4.31. The zero-order valence-electron chi connectivity index (χ0n) is 17.1. The van der Waals surface area contributed by atoms with Crippen molar-refractivity contribution in [2.75, 3.05) is 13.1 Å². The van der Waals surface area contributed by atoms with Gasteiger partial charge in [-0.3, -0.25) is 19.6 Å². The van der Waals surface area contributed by atoms with Gasteiger partial charge in [-0.1, -0.05) is 18.2 Å². The van der Waals surface area contributed by atoms with Gasteiger partial charge in [-0.05, 0) is 43.4 Å². The van der Waals surface area contributed by atoms with Crippen LogP contribution in [0.1, 0.15) is 24.1 Å². The van der Waals surface area contributed by atoms with Crippen molar-refractivity contribution < 1.29 is 14.0 Å². The number of carbonyl (C=O) groups excluding carboxylic acids is 2. The predicted octanol–water partition coefficient (Wildman–Crippen LogP) is 3.24. The van der Waals surface area contributed by atoms with Gasteiger partial charge in [0.1, 0.15) is 11.4 Å². The van der Waals surface area contributed by atoms with Crippen molar-refractivity contribution in [3.8, 4) is 0 Å². The number of amides is 2. The zero-order valence-corrected chi connectivity index (χ0v) is 17.9. The number of rotatable bonds is 4. The number of para-hydroxylation sites is 1. The number of hydrogen-bond acceptors (Lipinski definition) is 5. The monoisotopic (exact) mass is 449 g/mol. The van der Waals surface area contributed by atoms with Crippen LogP contribution in [0.15, 0.2) is 41.9 Å². The molecule has 7 nitrogen and oxygen atoms in total. The highest BCUT2D eigenvalue weighted by Gasteiger charge is 2.38. The molecule has 0 atom stereocenters. The number of thiophene rings is 1. The quantitative estimate of drug-likeness (QED) is 0.417. The van der Waals surface area contributed by atoms with Crippen molar-refractivity contribution >= 4 is 55.4 Å². The Labute approximate surface area is 186 Å². The first-order chi connectivity index (χ1) is 15.5. The number of fused-ring (bicyclic) bond motifs is 2. The second-order valence-corrected chi connectivity index (χ2v) is 9.24. The number of nitrogens with one attached hydrogen (secondary N) is 3. The van der Waals surface area contributed by atoms with Crippen LogP contribution in [0.3, 0.4) is 0 Å². The maximum Gasteiger partial charge on any atom is 0.261 e. The largest absolute Gasteiger partial charge is 0.360 e. The molecule has 1 saturated heterocycles. The van der Waals surface area contributed by atoms with Gasteiger partial charge in [0.25, 0.3) is 11.8 Å². The molecule has 6 rings (SSSR count). The van der Waals surface area contributed by atoms with Crippen molar-refractivity contribution in [3.05, 3.63) is 53.2 Å². The zero-order chi connectivity index (χ0) is 21.9. The second-order valence-electron chi connectivity index (χ2n) is 8.32. The molecule has 2 aliphatic heterocycles. The average molecular weight is 450 g/mol. The number of aromatic nitrogens is 3. The molecular formula is C23H20FN5O2S. The summed E-state index contributed by atoms with van der Waals surface area (Å²) in [6, 6.07) is 9.39. The van der Waals surface area contributed by atoms with Crippen LogP contribution in [0.2, 0.25) is 0 Å². The lowest BCUT2D eigenvalue weighted by Gasteiger charge is -2.30. The van der Waals surface area contributed by atoms with E-state index < -0.39 is 17.5 Å². The van der Waals surface area contributed by atoms with E-state index in [1.165, 1.54) is 11.3 Å². The van der Waals surface area contributed by atoms with Crippen LogP contribution >= 0.6 is 11.3 Å². The second kappa shape index (κ2) is 7.11. The van der Waals surface area contributed by atoms with Crippen molar-refractivity contribution in [2.24, 2.45) is 0 Å². The normalized spacial score (nSPS) is 18.8. The van der Waals surface area contributed by atoms with E-state index in [0.29, 0.717) is 42.8 Å². The van der Waals surface area contributed by atoms with Crippen molar-refractivity contribution in [1.29, 1.82) is 0 Å². The topological polar surface area (TPSA) is 91.8 Å². The van der Waals surface area contributed by atoms with Gasteiger partial charge in [-0.2, -0.15) is 5.10 Å². The Morgan fingerprint density at radius 1 is 1.09 bits per heavy atom. The van der Waals surface area contributed by atoms with Gasteiger partial charge in [0.2, 0.25) is 0 Å². The Morgan fingerprint density at radius 2 is 1.88 bits per heavy atom. The molecule has 162 valence electrons. The van der Waals surface area contributed by atoms with Crippen LogP contribution in [0.4, 0.5) is 4.39 Å². The summed E-state index contributed by atoms with van der Waals surface area (Å²) in [5, 5.41) is 13.0. The molecule has 2 aliphatic rings. The fraction of sp³-hybridized carbons (Fsp3) is 0.261. The summed E-state index contributed by atoms with van der Waals surface area (Å²) in [4.78, 5) is 28.9. The molecule has 3 aromatic heterocycles. The van der Waals surface area contributed by atoms with Crippen LogP contribution in [0.25, 0.3) is 32.3 Å². The molecule has 0 aliphatic carbocycles. The molecule has 5 heterocycles. The fourth-order valence-corrected chi connectivity index (χ4v) is 5.59. The summed E-state index contributed by atoms with van der Waals surface area (Å²) in [5.41, 5.74) is 1.90. The van der Waals surface area contributed by atoms with Gasteiger partial charge in [-0.25, -0.2) is 4.39 Å². The van der Waals surface area contributed by atoms with E-state index in [4.69, 9.17) is 5.10 Å². The van der Waals surface area contributed by atoms with Crippen LogP contribution in [0, 0.1) is 0 Å². The number of hydrogen-bond donors (Lipinski definition) is 3. The molecule has 32 heavy (non-hydrogen) atoms. The number of alkyl halides is 1. The van der Waals surface area contributed by atoms with E-state index in [1.54, 1.807) is 10.9 Å². The van der Waals surface area contributed by atoms with Crippen molar-refractivity contribution in [3.63, 3.8) is 0 Å². The molecule has 2 amide bonds. The van der Waals surface area contributed by atoms with Crippen LogP contribution < -0.4 is 10.6 Å². The number of halogens is 1. The Morgan fingerprint density at radius 3 is 2.72 bits per heavy atom. The summed E-state index contributed by atoms with van der Waals surface area (Å²) in [7, 11) is 0. The highest BCUT2D eigenvalue weighted by Crippen LogP contribution is 2.39. The van der Waals surface area contributed by atoms with E-state index in [2.05, 4.69) is 15.6 Å². The lowest BCUT2D eigenvalue weighted by Crippen LogP contribution is -2.41. The summed E-state index contributed by atoms with van der Waals surface area (Å²) >= 11 is 1.50. The number of H-pyrrole nitrogens is 1. The van der Waals surface area contributed by atoms with E-state index in [0.717, 1.165) is 21.1 Å². The predicted molar refractivity (Wildman–Crippen MR) is 122 cm³/mol. The first kappa shape index (κ1) is 19.4. The minimum absolute atomic E-state index is 0.104. The minimum Gasteiger partial charge on any atom is -0.360 e. The van der Waals surface area contributed by atoms with Crippen LogP contribution in [-0.2, 0) is 16.1 Å². The summed E-state index contributed by atoms with van der Waals surface area (Å²) in [5.74, 6) is -0.929.